The molecule has 162 valence electrons. The van der Waals surface area contributed by atoms with Crippen LogP contribution in [0.4, 0.5) is 0 Å². The monoisotopic (exact) mass is 417 g/mol. The van der Waals surface area contributed by atoms with Gasteiger partial charge in [0.15, 0.2) is 5.96 Å². The summed E-state index contributed by atoms with van der Waals surface area (Å²) in [6, 6.07) is 12.9. The van der Waals surface area contributed by atoms with E-state index in [4.69, 9.17) is 9.97 Å². The lowest BCUT2D eigenvalue weighted by Gasteiger charge is -2.34. The van der Waals surface area contributed by atoms with Gasteiger partial charge in [0.25, 0.3) is 0 Å². The molecular weight excluding hydrogens is 386 g/mol. The molecule has 0 saturated heterocycles. The van der Waals surface area contributed by atoms with Crippen LogP contribution in [0.2, 0.25) is 0 Å². The third kappa shape index (κ3) is 4.71. The van der Waals surface area contributed by atoms with E-state index in [0.717, 1.165) is 81.2 Å². The number of para-hydroxylation sites is 2. The molecule has 3 aromatic rings. The van der Waals surface area contributed by atoms with Gasteiger partial charge in [0.05, 0.1) is 35.9 Å². The van der Waals surface area contributed by atoms with Crippen molar-refractivity contribution in [1.82, 2.24) is 30.5 Å². The maximum absolute atomic E-state index is 4.85. The van der Waals surface area contributed by atoms with E-state index in [1.54, 1.807) is 0 Å². The Morgan fingerprint density at radius 2 is 2.10 bits per heavy atom. The minimum atomic E-state index is 0.354. The molecule has 0 amide bonds. The standard InChI is InChI=1S/C24H31N7/c1-2-10-20-19(9-1)29-22(30-20)17-31(16-4-3-12-26-24-27-14-15-28-24)21-11-5-7-18-8-6-13-25-23(18)21/h1-2,6,8-10,13,21H,3-5,7,11-12,14-17H2,(H,29,30)(H2,26,27,28). The molecule has 1 unspecified atom stereocenters. The summed E-state index contributed by atoms with van der Waals surface area (Å²) in [6.45, 7) is 4.61. The molecular formula is C24H31N7. The molecule has 7 nitrogen and oxygen atoms in total. The first-order valence-electron chi connectivity index (χ1n) is 11.5. The van der Waals surface area contributed by atoms with Crippen molar-refractivity contribution in [3.63, 3.8) is 0 Å². The Morgan fingerprint density at radius 3 is 3.00 bits per heavy atom. The van der Waals surface area contributed by atoms with E-state index in [2.05, 4.69) is 55.8 Å². The minimum absolute atomic E-state index is 0.354. The zero-order chi connectivity index (χ0) is 20.9. The topological polar surface area (TPSA) is 81.2 Å². The van der Waals surface area contributed by atoms with Crippen LogP contribution in [0, 0.1) is 0 Å². The molecule has 3 heterocycles. The van der Waals surface area contributed by atoms with E-state index in [0.29, 0.717) is 6.04 Å². The Kier molecular flexibility index (Phi) is 6.11. The molecule has 0 fully saturated rings. The number of aromatic amines is 1. The number of pyridine rings is 1. The van der Waals surface area contributed by atoms with Crippen molar-refractivity contribution in [2.45, 2.75) is 44.7 Å². The molecule has 0 saturated carbocycles. The molecule has 1 aliphatic carbocycles. The van der Waals surface area contributed by atoms with Gasteiger partial charge in [0, 0.05) is 19.3 Å². The van der Waals surface area contributed by atoms with Gasteiger partial charge in [0.2, 0.25) is 0 Å². The second-order valence-corrected chi connectivity index (χ2v) is 8.42. The molecule has 3 N–H and O–H groups in total. The maximum atomic E-state index is 4.85. The highest BCUT2D eigenvalue weighted by atomic mass is 15.2. The van der Waals surface area contributed by atoms with E-state index in [-0.39, 0.29) is 0 Å². The molecule has 2 aliphatic rings. The summed E-state index contributed by atoms with van der Waals surface area (Å²) < 4.78 is 0. The van der Waals surface area contributed by atoms with Gasteiger partial charge >= 0.3 is 0 Å². The van der Waals surface area contributed by atoms with E-state index in [1.165, 1.54) is 17.7 Å². The summed E-state index contributed by atoms with van der Waals surface area (Å²) in [7, 11) is 0. The summed E-state index contributed by atoms with van der Waals surface area (Å²) in [5.74, 6) is 1.98. The fourth-order valence-electron chi connectivity index (χ4n) is 4.72. The Balaban J connectivity index is 1.28. The molecule has 5 rings (SSSR count). The number of rotatable bonds is 8. The van der Waals surface area contributed by atoms with Crippen LogP contribution >= 0.6 is 0 Å². The van der Waals surface area contributed by atoms with E-state index >= 15 is 0 Å². The fourth-order valence-corrected chi connectivity index (χ4v) is 4.72. The Morgan fingerprint density at radius 1 is 1.13 bits per heavy atom. The van der Waals surface area contributed by atoms with Crippen molar-refractivity contribution in [3.8, 4) is 0 Å². The molecule has 7 heteroatoms. The van der Waals surface area contributed by atoms with Crippen LogP contribution in [0.5, 0.6) is 0 Å². The Bertz CT molecular complexity index is 1010. The SMILES string of the molecule is c1cnc2c(c1)CCCC2N(CCCCNC1=NCCN1)Cc1nc2ccccc2[nH]1. The normalized spacial score (nSPS) is 18.1. The van der Waals surface area contributed by atoms with Crippen molar-refractivity contribution in [2.24, 2.45) is 4.99 Å². The van der Waals surface area contributed by atoms with Crippen molar-refractivity contribution in [1.29, 1.82) is 0 Å². The number of nitrogens with one attached hydrogen (secondary N) is 3. The highest BCUT2D eigenvalue weighted by Gasteiger charge is 2.27. The summed E-state index contributed by atoms with van der Waals surface area (Å²) in [6.07, 6.45) is 7.68. The van der Waals surface area contributed by atoms with Gasteiger partial charge in [0.1, 0.15) is 5.82 Å². The van der Waals surface area contributed by atoms with E-state index in [1.807, 2.05) is 12.3 Å². The fraction of sp³-hybridized carbons (Fsp3) is 0.458. The smallest absolute Gasteiger partial charge is 0.191 e. The minimum Gasteiger partial charge on any atom is -0.356 e. The zero-order valence-electron chi connectivity index (χ0n) is 18.0. The average Bonchev–Trinajstić information content (AvgIpc) is 3.47. The lowest BCUT2D eigenvalue weighted by atomic mass is 9.90. The second kappa shape index (κ2) is 9.47. The van der Waals surface area contributed by atoms with Crippen molar-refractivity contribution >= 4 is 17.0 Å². The number of nitrogens with zero attached hydrogens (tertiary/aromatic N) is 4. The molecule has 31 heavy (non-hydrogen) atoms. The number of aliphatic imine (C=N–C) groups is 1. The van der Waals surface area contributed by atoms with Crippen LogP contribution in [0.3, 0.4) is 0 Å². The van der Waals surface area contributed by atoms with E-state index in [9.17, 15) is 0 Å². The van der Waals surface area contributed by atoms with Crippen LogP contribution in [0.25, 0.3) is 11.0 Å². The number of hydrogen-bond acceptors (Lipinski definition) is 6. The molecule has 1 aliphatic heterocycles. The van der Waals surface area contributed by atoms with Gasteiger partial charge in [-0.3, -0.25) is 14.9 Å². The molecule has 1 atom stereocenters. The van der Waals surface area contributed by atoms with Crippen LogP contribution in [-0.4, -0.2) is 52.0 Å². The van der Waals surface area contributed by atoms with Crippen LogP contribution in [0.15, 0.2) is 47.6 Å². The molecule has 1 aromatic carbocycles. The summed E-state index contributed by atoms with van der Waals surface area (Å²) in [4.78, 5) is 20.1. The average molecular weight is 418 g/mol. The van der Waals surface area contributed by atoms with E-state index < -0.39 is 0 Å². The third-order valence-electron chi connectivity index (χ3n) is 6.24. The lowest BCUT2D eigenvalue weighted by molar-refractivity contribution is 0.159. The predicted molar refractivity (Wildman–Crippen MR) is 124 cm³/mol. The molecule has 0 spiro atoms. The van der Waals surface area contributed by atoms with Gasteiger partial charge in [-0.15, -0.1) is 0 Å². The number of H-pyrrole nitrogens is 1. The van der Waals surface area contributed by atoms with Crippen molar-refractivity contribution in [2.75, 3.05) is 26.2 Å². The van der Waals surface area contributed by atoms with Crippen LogP contribution in [-0.2, 0) is 13.0 Å². The van der Waals surface area contributed by atoms with Crippen LogP contribution in [0.1, 0.15) is 48.8 Å². The number of hydrogen-bond donors (Lipinski definition) is 3. The lowest BCUT2D eigenvalue weighted by Crippen LogP contribution is -2.35. The predicted octanol–water partition coefficient (Wildman–Crippen LogP) is 3.17. The van der Waals surface area contributed by atoms with Crippen molar-refractivity contribution < 1.29 is 0 Å². The summed E-state index contributed by atoms with van der Waals surface area (Å²) in [5, 5.41) is 6.68. The number of guanidine groups is 1. The molecule has 0 radical (unpaired) electrons. The third-order valence-corrected chi connectivity index (χ3v) is 6.24. The number of aryl methyl sites for hydroxylation is 1. The number of imidazole rings is 1. The van der Waals surface area contributed by atoms with Crippen LogP contribution < -0.4 is 10.6 Å². The highest BCUT2D eigenvalue weighted by Crippen LogP contribution is 2.33. The first-order valence-corrected chi connectivity index (χ1v) is 11.5. The second-order valence-electron chi connectivity index (χ2n) is 8.42. The summed E-state index contributed by atoms with van der Waals surface area (Å²) >= 11 is 0. The number of aromatic nitrogens is 3. The Labute approximate surface area is 183 Å². The molecule has 2 aromatic heterocycles. The largest absolute Gasteiger partial charge is 0.356 e. The molecule has 0 bridgehead atoms. The van der Waals surface area contributed by atoms with Gasteiger partial charge in [-0.1, -0.05) is 18.2 Å². The summed E-state index contributed by atoms with van der Waals surface area (Å²) in [5.41, 5.74) is 4.80. The first kappa shape index (κ1) is 20.0. The Hall–Kier alpha value is -2.93. The number of benzene rings is 1. The number of unbranched alkanes of at least 4 members (excludes halogenated alkanes) is 1. The number of fused-ring (bicyclic) bond motifs is 2. The van der Waals surface area contributed by atoms with Gasteiger partial charge in [-0.25, -0.2) is 4.98 Å². The van der Waals surface area contributed by atoms with Gasteiger partial charge in [-0.05, 0) is 62.4 Å². The maximum Gasteiger partial charge on any atom is 0.191 e. The van der Waals surface area contributed by atoms with Crippen molar-refractivity contribution in [3.05, 3.63) is 59.7 Å². The quantitative estimate of drug-likeness (QED) is 0.491. The highest BCUT2D eigenvalue weighted by molar-refractivity contribution is 5.81. The van der Waals surface area contributed by atoms with Gasteiger partial charge < -0.3 is 15.6 Å². The zero-order valence-corrected chi connectivity index (χ0v) is 18.0. The first-order chi connectivity index (χ1) is 15.4. The van der Waals surface area contributed by atoms with Gasteiger partial charge in [-0.2, -0.15) is 0 Å².